The molecular formula is C49H64N6O11. The van der Waals surface area contributed by atoms with E-state index in [1.165, 1.54) is 0 Å². The number of anilines is 2. The highest BCUT2D eigenvalue weighted by Crippen LogP contribution is 2.26. The van der Waals surface area contributed by atoms with E-state index in [4.69, 9.17) is 24.7 Å². The first-order chi connectivity index (χ1) is 31.9. The fraction of sp³-hybridized carbons (Fsp3) is 0.469. The maximum absolute atomic E-state index is 13.5. The number of nitrogens with one attached hydrogen (secondary N) is 4. The molecule has 1 unspecified atom stereocenters. The maximum Gasteiger partial charge on any atom is 0.312 e. The van der Waals surface area contributed by atoms with Gasteiger partial charge in [-0.15, -0.1) is 0 Å². The number of rotatable bonds is 30. The number of nitrogens with two attached hydrogens (primary N) is 1. The fourth-order valence-corrected chi connectivity index (χ4v) is 6.90. The summed E-state index contributed by atoms with van der Waals surface area (Å²) in [6, 6.07) is 20.4. The number of nitrogens with zero attached hydrogens (tertiary/aromatic N) is 1. The van der Waals surface area contributed by atoms with Crippen LogP contribution in [-0.4, -0.2) is 113 Å². The molecule has 17 heteroatoms. The number of hydrogen-bond donors (Lipinski definition) is 6. The Morgan fingerprint density at radius 1 is 0.712 bits per heavy atom. The van der Waals surface area contributed by atoms with Gasteiger partial charge in [-0.05, 0) is 60.2 Å². The highest BCUT2D eigenvalue weighted by molar-refractivity contribution is 5.98. The van der Waals surface area contributed by atoms with Gasteiger partial charge in [-0.25, -0.2) is 4.79 Å². The highest BCUT2D eigenvalue weighted by atomic mass is 16.6. The molecule has 6 amide bonds. The normalized spacial score (nSPS) is 12.6. The average molecular weight is 913 g/mol. The van der Waals surface area contributed by atoms with Crippen molar-refractivity contribution in [3.8, 4) is 11.8 Å². The summed E-state index contributed by atoms with van der Waals surface area (Å²) in [5.74, 6) is 3.98. The minimum atomic E-state index is -0.820. The number of aliphatic hydroxyl groups excluding tert-OH is 1. The number of ketones is 1. The Morgan fingerprint density at radius 3 is 2.00 bits per heavy atom. The number of hydrogen-bond acceptors (Lipinski definition) is 11. The van der Waals surface area contributed by atoms with Gasteiger partial charge in [0.15, 0.2) is 5.78 Å². The second-order valence-corrected chi connectivity index (χ2v) is 15.9. The smallest absolute Gasteiger partial charge is 0.312 e. The summed E-state index contributed by atoms with van der Waals surface area (Å²) in [7, 11) is 0. The van der Waals surface area contributed by atoms with Crippen molar-refractivity contribution in [2.75, 3.05) is 76.2 Å². The van der Waals surface area contributed by atoms with Crippen LogP contribution in [0.5, 0.6) is 0 Å². The molecule has 0 fully saturated rings. The van der Waals surface area contributed by atoms with Gasteiger partial charge < -0.3 is 56.0 Å². The molecule has 0 spiro atoms. The Hall–Kier alpha value is -6.16. The van der Waals surface area contributed by atoms with Gasteiger partial charge in [0.1, 0.15) is 0 Å². The van der Waals surface area contributed by atoms with E-state index in [1.807, 2.05) is 62.4 Å². The van der Waals surface area contributed by atoms with Crippen LogP contribution >= 0.6 is 0 Å². The Morgan fingerprint density at radius 2 is 1.33 bits per heavy atom. The highest BCUT2D eigenvalue weighted by Gasteiger charge is 2.29. The van der Waals surface area contributed by atoms with Crippen LogP contribution in [0.4, 0.5) is 16.2 Å². The van der Waals surface area contributed by atoms with Crippen molar-refractivity contribution in [2.45, 2.75) is 71.6 Å². The number of benzene rings is 3. The monoisotopic (exact) mass is 912 g/mol. The maximum atomic E-state index is 13.5. The lowest BCUT2D eigenvalue weighted by Gasteiger charge is -2.26. The molecule has 4 rings (SSSR count). The number of carbonyl (C=O) groups excluding carboxylic acids is 6. The van der Waals surface area contributed by atoms with Crippen LogP contribution in [0.3, 0.4) is 0 Å². The van der Waals surface area contributed by atoms with Gasteiger partial charge in [-0.3, -0.25) is 24.0 Å². The van der Waals surface area contributed by atoms with Crippen molar-refractivity contribution >= 4 is 46.8 Å². The van der Waals surface area contributed by atoms with E-state index in [2.05, 4.69) is 33.1 Å². The molecule has 1 aliphatic rings. The molecule has 0 bridgehead atoms. The van der Waals surface area contributed by atoms with E-state index >= 15 is 0 Å². The van der Waals surface area contributed by atoms with Crippen molar-refractivity contribution in [2.24, 2.45) is 17.6 Å². The van der Waals surface area contributed by atoms with E-state index in [0.29, 0.717) is 70.2 Å². The molecule has 0 aromatic heterocycles. The second-order valence-electron chi connectivity index (χ2n) is 15.9. The average Bonchev–Trinajstić information content (AvgIpc) is 3.30. The molecule has 356 valence electrons. The van der Waals surface area contributed by atoms with E-state index < -0.39 is 18.0 Å². The zero-order valence-corrected chi connectivity index (χ0v) is 37.9. The summed E-state index contributed by atoms with van der Waals surface area (Å²) in [6.07, 6.45) is 0.700. The Kier molecular flexibility index (Phi) is 23.4. The molecule has 1 heterocycles. The minimum Gasteiger partial charge on any atom is -0.392 e. The summed E-state index contributed by atoms with van der Waals surface area (Å²) in [5, 5.41) is 20.2. The van der Waals surface area contributed by atoms with E-state index in [-0.39, 0.29) is 94.0 Å². The third kappa shape index (κ3) is 19.1. The molecular weight excluding hydrogens is 849 g/mol. The number of fused-ring (bicyclic) bond motifs is 2. The predicted molar refractivity (Wildman–Crippen MR) is 248 cm³/mol. The molecule has 0 aliphatic carbocycles. The number of para-hydroxylation sites is 1. The lowest BCUT2D eigenvalue weighted by Crippen LogP contribution is -2.45. The standard InChI is InChI=1S/C49H64N6O11/c1-35(2)47(43(57)32-39(11-7-22-52-49(50)62)48(61)53-41-17-13-36(34-56)14-18-41)54-45(59)21-24-63-26-28-65-30-31-66-29-27-64-25-23-51-44(58)19-20-46(60)55-33-40-10-4-3-8-37(40)15-16-38-9-5-6-12-42(38)55/h3-6,8-10,12-14,17-18,35,39,47,56H,7,11,19-34H2,1-2H3,(H,51,58)(H,53,61)(H,54,59)(H3,50,52,62)/t39?,47-/m0/s1. The van der Waals surface area contributed by atoms with Crippen molar-refractivity contribution in [3.63, 3.8) is 0 Å². The quantitative estimate of drug-likeness (QED) is 0.0418. The first kappa shape index (κ1) is 52.5. The number of primary amides is 1. The zero-order chi connectivity index (χ0) is 47.5. The molecule has 0 radical (unpaired) electrons. The van der Waals surface area contributed by atoms with Gasteiger partial charge in [-0.2, -0.15) is 0 Å². The van der Waals surface area contributed by atoms with E-state index in [1.54, 1.807) is 29.2 Å². The second kappa shape index (κ2) is 29.4. The molecule has 3 aromatic rings. The summed E-state index contributed by atoms with van der Waals surface area (Å²) in [6.45, 7) is 6.68. The third-order valence-electron chi connectivity index (χ3n) is 10.5. The van der Waals surface area contributed by atoms with Crippen LogP contribution in [0.25, 0.3) is 0 Å². The van der Waals surface area contributed by atoms with Crippen molar-refractivity contribution in [1.82, 2.24) is 16.0 Å². The number of Topliss-reactive ketones (excluding diaryl/α,β-unsaturated/α-hetero) is 1. The van der Waals surface area contributed by atoms with Crippen molar-refractivity contribution in [3.05, 3.63) is 95.1 Å². The molecule has 1 aliphatic heterocycles. The van der Waals surface area contributed by atoms with Gasteiger partial charge >= 0.3 is 6.03 Å². The third-order valence-corrected chi connectivity index (χ3v) is 10.5. The summed E-state index contributed by atoms with van der Waals surface area (Å²) < 4.78 is 22.1. The van der Waals surface area contributed by atoms with Gasteiger partial charge in [0.25, 0.3) is 0 Å². The van der Waals surface area contributed by atoms with Crippen LogP contribution in [0, 0.1) is 23.7 Å². The lowest BCUT2D eigenvalue weighted by atomic mass is 9.89. The summed E-state index contributed by atoms with van der Waals surface area (Å²) in [4.78, 5) is 78.2. The lowest BCUT2D eigenvalue weighted by molar-refractivity contribution is -0.131. The van der Waals surface area contributed by atoms with Crippen molar-refractivity contribution in [1.29, 1.82) is 0 Å². The Balaban J connectivity index is 1.01. The molecule has 3 aromatic carbocycles. The molecule has 66 heavy (non-hydrogen) atoms. The number of amides is 6. The van der Waals surface area contributed by atoms with Gasteiger partial charge in [-0.1, -0.05) is 68.2 Å². The topological polar surface area (TPSA) is 237 Å². The van der Waals surface area contributed by atoms with Gasteiger partial charge in [0, 0.05) is 61.5 Å². The van der Waals surface area contributed by atoms with Crippen LogP contribution in [0.1, 0.15) is 74.6 Å². The van der Waals surface area contributed by atoms with Crippen LogP contribution in [-0.2, 0) is 56.1 Å². The largest absolute Gasteiger partial charge is 0.392 e. The molecule has 2 atom stereocenters. The van der Waals surface area contributed by atoms with Crippen LogP contribution < -0.4 is 31.9 Å². The van der Waals surface area contributed by atoms with Gasteiger partial charge in [0.2, 0.25) is 23.6 Å². The summed E-state index contributed by atoms with van der Waals surface area (Å²) >= 11 is 0. The zero-order valence-electron chi connectivity index (χ0n) is 37.9. The molecule has 0 saturated heterocycles. The van der Waals surface area contributed by atoms with Crippen LogP contribution in [0.2, 0.25) is 0 Å². The first-order valence-electron chi connectivity index (χ1n) is 22.4. The number of urea groups is 1. The molecule has 0 saturated carbocycles. The summed E-state index contributed by atoms with van der Waals surface area (Å²) in [5.41, 5.74) is 9.67. The fourth-order valence-electron chi connectivity index (χ4n) is 6.90. The number of ether oxygens (including phenoxy) is 4. The SMILES string of the molecule is CC(C)[C@H](NC(=O)CCOCCOCCOCCOCCNC(=O)CCC(=O)N1Cc2ccccc2C#Cc2ccccc21)C(=O)CC(CCCNC(N)=O)C(=O)Nc1ccc(CO)cc1. The molecule has 17 nitrogen and oxygen atoms in total. The molecule has 7 N–H and O–H groups in total. The number of aliphatic hydroxyl groups is 1. The van der Waals surface area contributed by atoms with Crippen LogP contribution in [0.15, 0.2) is 72.8 Å². The predicted octanol–water partition coefficient (Wildman–Crippen LogP) is 3.58. The Bertz CT molecular complexity index is 2100. The number of carbonyl (C=O) groups is 6. The first-order valence-corrected chi connectivity index (χ1v) is 22.4. The Labute approximate surface area is 386 Å². The van der Waals surface area contributed by atoms with E-state index in [0.717, 1.165) is 22.4 Å². The van der Waals surface area contributed by atoms with Crippen molar-refractivity contribution < 1.29 is 52.8 Å². The van der Waals surface area contributed by atoms with Gasteiger partial charge in [0.05, 0.1) is 77.7 Å². The van der Waals surface area contributed by atoms with E-state index in [9.17, 15) is 33.9 Å². The minimum absolute atomic E-state index is 0.0237.